The van der Waals surface area contributed by atoms with Gasteiger partial charge in [-0.2, -0.15) is 4.72 Å². The predicted octanol–water partition coefficient (Wildman–Crippen LogP) is 3.29. The average Bonchev–Trinajstić information content (AvgIpc) is 2.84. The van der Waals surface area contributed by atoms with E-state index in [1.807, 2.05) is 6.92 Å². The molecule has 0 aliphatic carbocycles. The lowest BCUT2D eigenvalue weighted by atomic mass is 10.1. The third-order valence-corrected chi connectivity index (χ3v) is 5.91. The number of sulfonamides is 1. The minimum Gasteiger partial charge on any atom is -0.492 e. The Morgan fingerprint density at radius 2 is 1.48 bits per heavy atom. The maximum atomic E-state index is 13.0. The van der Waals surface area contributed by atoms with Crippen molar-refractivity contribution in [1.82, 2.24) is 4.72 Å². The zero-order valence-corrected chi connectivity index (χ0v) is 18.7. The first-order chi connectivity index (χ1) is 15.9. The average molecular weight is 469 g/mol. The van der Waals surface area contributed by atoms with E-state index in [-0.39, 0.29) is 4.90 Å². The zero-order valence-electron chi connectivity index (χ0n) is 17.9. The van der Waals surface area contributed by atoms with Gasteiger partial charge in [0.2, 0.25) is 16.1 Å². The van der Waals surface area contributed by atoms with Crippen LogP contribution in [0, 0.1) is 0 Å². The maximum absolute atomic E-state index is 13.0. The molecule has 3 rings (SSSR count). The molecule has 0 fully saturated rings. The van der Waals surface area contributed by atoms with Crippen LogP contribution in [-0.2, 0) is 24.3 Å². The van der Waals surface area contributed by atoms with Crippen molar-refractivity contribution < 1.29 is 27.5 Å². The molecule has 0 saturated heterocycles. The molecule has 0 bridgehead atoms. The molecule has 0 heterocycles. The van der Waals surface area contributed by atoms with Crippen LogP contribution >= 0.6 is 0 Å². The highest BCUT2D eigenvalue weighted by Crippen LogP contribution is 2.26. The van der Waals surface area contributed by atoms with E-state index in [9.17, 15) is 18.0 Å². The highest BCUT2D eigenvalue weighted by atomic mass is 32.2. The van der Waals surface area contributed by atoms with Crippen molar-refractivity contribution in [2.24, 2.45) is 0 Å². The molecule has 1 amide bonds. The van der Waals surface area contributed by atoms with Crippen LogP contribution in [0.1, 0.15) is 18.6 Å². The number of hydrogen-bond donors (Lipinski definition) is 2. The van der Waals surface area contributed by atoms with Crippen molar-refractivity contribution in [2.45, 2.75) is 17.9 Å². The number of amides is 1. The standard InChI is InChI=1S/C24H24N2O6S/c1-2-31-21-16-10-9-15-20(21)26-24(28)23(18-11-5-3-6-12-18)32-22(27)17-25-33(29,30)19-13-7-4-8-14-19/h3-16,23,25H,2,17H2,1H3,(H,26,28). The summed E-state index contributed by atoms with van der Waals surface area (Å²) in [5, 5.41) is 2.72. The molecule has 8 nitrogen and oxygen atoms in total. The largest absolute Gasteiger partial charge is 0.492 e. The van der Waals surface area contributed by atoms with Gasteiger partial charge in [-0.25, -0.2) is 8.42 Å². The number of hydrogen-bond acceptors (Lipinski definition) is 6. The first-order valence-electron chi connectivity index (χ1n) is 10.2. The van der Waals surface area contributed by atoms with Gasteiger partial charge < -0.3 is 14.8 Å². The molecule has 0 spiro atoms. The quantitative estimate of drug-likeness (QED) is 0.442. The molecule has 9 heteroatoms. The molecular formula is C24H24N2O6S. The van der Waals surface area contributed by atoms with Gasteiger partial charge >= 0.3 is 5.97 Å². The number of nitrogens with one attached hydrogen (secondary N) is 2. The van der Waals surface area contributed by atoms with Gasteiger partial charge in [0, 0.05) is 5.56 Å². The molecule has 172 valence electrons. The summed E-state index contributed by atoms with van der Waals surface area (Å²) in [4.78, 5) is 25.5. The van der Waals surface area contributed by atoms with Crippen molar-refractivity contribution in [3.05, 3.63) is 90.5 Å². The summed E-state index contributed by atoms with van der Waals surface area (Å²) in [6.07, 6.45) is -1.30. The van der Waals surface area contributed by atoms with Crippen molar-refractivity contribution in [1.29, 1.82) is 0 Å². The lowest BCUT2D eigenvalue weighted by Gasteiger charge is -2.19. The first kappa shape index (κ1) is 24.0. The Labute approximate surface area is 192 Å². The molecule has 0 radical (unpaired) electrons. The van der Waals surface area contributed by atoms with Crippen LogP contribution in [0.15, 0.2) is 89.8 Å². The van der Waals surface area contributed by atoms with E-state index in [0.717, 1.165) is 0 Å². The summed E-state index contributed by atoms with van der Waals surface area (Å²) in [6.45, 7) is 1.60. The van der Waals surface area contributed by atoms with Gasteiger partial charge in [-0.1, -0.05) is 60.7 Å². The molecule has 1 atom stereocenters. The van der Waals surface area contributed by atoms with E-state index >= 15 is 0 Å². The van der Waals surface area contributed by atoms with Crippen LogP contribution in [0.5, 0.6) is 5.75 Å². The Balaban J connectivity index is 1.74. The van der Waals surface area contributed by atoms with Gasteiger partial charge in [-0.05, 0) is 31.2 Å². The van der Waals surface area contributed by atoms with Crippen LogP contribution in [0.25, 0.3) is 0 Å². The van der Waals surface area contributed by atoms with Crippen molar-refractivity contribution in [2.75, 3.05) is 18.5 Å². The van der Waals surface area contributed by atoms with Gasteiger partial charge in [0.1, 0.15) is 12.3 Å². The Morgan fingerprint density at radius 3 is 2.15 bits per heavy atom. The lowest BCUT2D eigenvalue weighted by molar-refractivity contribution is -0.153. The molecule has 0 saturated carbocycles. The highest BCUT2D eigenvalue weighted by Gasteiger charge is 2.26. The molecule has 2 N–H and O–H groups in total. The maximum Gasteiger partial charge on any atom is 0.322 e. The number of carbonyl (C=O) groups is 2. The minimum absolute atomic E-state index is 0.0164. The smallest absolute Gasteiger partial charge is 0.322 e. The topological polar surface area (TPSA) is 111 Å². The Bertz CT molecular complexity index is 1180. The molecular weight excluding hydrogens is 444 g/mol. The summed E-state index contributed by atoms with van der Waals surface area (Å²) in [6, 6.07) is 23.0. The fraction of sp³-hybridized carbons (Fsp3) is 0.167. The summed E-state index contributed by atoms with van der Waals surface area (Å²) in [7, 11) is -3.90. The number of benzene rings is 3. The molecule has 33 heavy (non-hydrogen) atoms. The molecule has 0 aliphatic rings. The van der Waals surface area contributed by atoms with Crippen LogP contribution in [-0.4, -0.2) is 33.4 Å². The second kappa shape index (κ2) is 11.3. The fourth-order valence-corrected chi connectivity index (χ4v) is 3.95. The predicted molar refractivity (Wildman–Crippen MR) is 123 cm³/mol. The lowest BCUT2D eigenvalue weighted by Crippen LogP contribution is -2.33. The number of para-hydroxylation sites is 2. The fourth-order valence-electron chi connectivity index (χ4n) is 2.96. The zero-order chi connectivity index (χ0) is 23.7. The number of esters is 1. The van der Waals surface area contributed by atoms with Gasteiger partial charge in [0.25, 0.3) is 5.91 Å². The number of ether oxygens (including phenoxy) is 2. The number of carbonyl (C=O) groups excluding carboxylic acids is 2. The van der Waals surface area contributed by atoms with Crippen LogP contribution < -0.4 is 14.8 Å². The Hall–Kier alpha value is -3.69. The third-order valence-electron chi connectivity index (χ3n) is 4.49. The molecule has 0 aromatic heterocycles. The summed E-state index contributed by atoms with van der Waals surface area (Å²) < 4.78 is 37.8. The number of rotatable bonds is 10. The second-order valence-electron chi connectivity index (χ2n) is 6.84. The van der Waals surface area contributed by atoms with E-state index < -0.39 is 34.5 Å². The molecule has 1 unspecified atom stereocenters. The van der Waals surface area contributed by atoms with Gasteiger partial charge in [-0.15, -0.1) is 0 Å². The SMILES string of the molecule is CCOc1ccccc1NC(=O)C(OC(=O)CNS(=O)(=O)c1ccccc1)c1ccccc1. The van der Waals surface area contributed by atoms with E-state index in [2.05, 4.69) is 10.0 Å². The van der Waals surface area contributed by atoms with Crippen molar-refractivity contribution in [3.63, 3.8) is 0 Å². The van der Waals surface area contributed by atoms with E-state index in [1.165, 1.54) is 12.1 Å². The van der Waals surface area contributed by atoms with Crippen LogP contribution in [0.3, 0.4) is 0 Å². The van der Waals surface area contributed by atoms with Gasteiger partial charge in [0.15, 0.2) is 0 Å². The summed E-state index contributed by atoms with van der Waals surface area (Å²) in [5.41, 5.74) is 0.856. The molecule has 0 aliphatic heterocycles. The summed E-state index contributed by atoms with van der Waals surface area (Å²) >= 11 is 0. The van der Waals surface area contributed by atoms with Crippen molar-refractivity contribution >= 4 is 27.6 Å². The summed E-state index contributed by atoms with van der Waals surface area (Å²) in [5.74, 6) is -1.04. The molecule has 3 aromatic rings. The normalized spacial score (nSPS) is 11.9. The van der Waals surface area contributed by atoms with E-state index in [4.69, 9.17) is 9.47 Å². The highest BCUT2D eigenvalue weighted by molar-refractivity contribution is 7.89. The van der Waals surface area contributed by atoms with Gasteiger partial charge in [-0.3, -0.25) is 9.59 Å². The van der Waals surface area contributed by atoms with Gasteiger partial charge in [0.05, 0.1) is 17.2 Å². The Kier molecular flexibility index (Phi) is 8.17. The van der Waals surface area contributed by atoms with Crippen LogP contribution in [0.2, 0.25) is 0 Å². The second-order valence-corrected chi connectivity index (χ2v) is 8.60. The first-order valence-corrected chi connectivity index (χ1v) is 11.7. The number of anilines is 1. The Morgan fingerprint density at radius 1 is 0.879 bits per heavy atom. The van der Waals surface area contributed by atoms with Crippen molar-refractivity contribution in [3.8, 4) is 5.75 Å². The third kappa shape index (κ3) is 6.64. The van der Waals surface area contributed by atoms with Crippen LogP contribution in [0.4, 0.5) is 5.69 Å². The monoisotopic (exact) mass is 468 g/mol. The van der Waals surface area contributed by atoms with E-state index in [0.29, 0.717) is 23.6 Å². The van der Waals surface area contributed by atoms with E-state index in [1.54, 1.807) is 72.8 Å². The minimum atomic E-state index is -3.90. The molecule has 3 aromatic carbocycles.